The van der Waals surface area contributed by atoms with Crippen LogP contribution in [0.1, 0.15) is 51.5 Å². The third-order valence-electron chi connectivity index (χ3n) is 5.14. The number of nitrogens with zero attached hydrogens (tertiary/aromatic N) is 1. The number of carbonyl (C=O) groups excluding carboxylic acids is 2. The maximum absolute atomic E-state index is 12.6. The third-order valence-corrected chi connectivity index (χ3v) is 5.14. The van der Waals surface area contributed by atoms with Gasteiger partial charge in [0.25, 0.3) is 0 Å². The molecule has 2 amide bonds. The predicted molar refractivity (Wildman–Crippen MR) is 106 cm³/mol. The van der Waals surface area contributed by atoms with Crippen molar-refractivity contribution in [3.05, 3.63) is 29.8 Å². The van der Waals surface area contributed by atoms with Gasteiger partial charge in [-0.3, -0.25) is 9.59 Å². The molecule has 1 saturated carbocycles. The first-order valence-corrected chi connectivity index (χ1v) is 9.73. The van der Waals surface area contributed by atoms with E-state index in [-0.39, 0.29) is 23.7 Å². The molecule has 0 bridgehead atoms. The number of carbonyl (C=O) groups is 2. The van der Waals surface area contributed by atoms with Crippen molar-refractivity contribution in [1.82, 2.24) is 10.6 Å². The van der Waals surface area contributed by atoms with E-state index in [1.54, 1.807) is 0 Å². The van der Waals surface area contributed by atoms with Gasteiger partial charge in [-0.1, -0.05) is 45.2 Å². The smallest absolute Gasteiger partial charge is 0.243 e. The molecule has 2 N–H and O–H groups in total. The lowest BCUT2D eigenvalue weighted by molar-refractivity contribution is -0.132. The minimum atomic E-state index is -0.481. The van der Waals surface area contributed by atoms with Crippen LogP contribution in [0, 0.1) is 11.8 Å². The van der Waals surface area contributed by atoms with Crippen LogP contribution >= 0.6 is 0 Å². The average Bonchev–Trinajstić information content (AvgIpc) is 2.64. The Morgan fingerprint density at radius 1 is 1.08 bits per heavy atom. The van der Waals surface area contributed by atoms with Crippen molar-refractivity contribution in [2.45, 2.75) is 58.5 Å². The Kier molecular flexibility index (Phi) is 7.49. The molecule has 144 valence electrons. The van der Waals surface area contributed by atoms with Gasteiger partial charge in [-0.2, -0.15) is 0 Å². The average molecular weight is 360 g/mol. The minimum absolute atomic E-state index is 0.0360. The molecule has 0 unspecified atom stereocenters. The van der Waals surface area contributed by atoms with Gasteiger partial charge in [0.2, 0.25) is 11.8 Å². The van der Waals surface area contributed by atoms with Crippen molar-refractivity contribution in [3.63, 3.8) is 0 Å². The summed E-state index contributed by atoms with van der Waals surface area (Å²) < 4.78 is 0. The van der Waals surface area contributed by atoms with Gasteiger partial charge in [0.05, 0.1) is 0 Å². The number of nitrogens with one attached hydrogen (secondary N) is 2. The number of hydrogen-bond acceptors (Lipinski definition) is 3. The lowest BCUT2D eigenvalue weighted by Gasteiger charge is -2.26. The molecule has 5 nitrogen and oxygen atoms in total. The fourth-order valence-electron chi connectivity index (χ4n) is 3.38. The van der Waals surface area contributed by atoms with Crippen molar-refractivity contribution >= 4 is 17.5 Å². The lowest BCUT2D eigenvalue weighted by atomic mass is 9.88. The van der Waals surface area contributed by atoms with Crippen molar-refractivity contribution in [3.8, 4) is 0 Å². The Balaban J connectivity index is 1.89. The summed E-state index contributed by atoms with van der Waals surface area (Å²) in [6.45, 7) is 4.41. The summed E-state index contributed by atoms with van der Waals surface area (Å²) in [4.78, 5) is 27.2. The van der Waals surface area contributed by atoms with E-state index in [9.17, 15) is 9.59 Å². The van der Waals surface area contributed by atoms with E-state index in [4.69, 9.17) is 0 Å². The van der Waals surface area contributed by atoms with Gasteiger partial charge in [0.1, 0.15) is 6.04 Å². The van der Waals surface area contributed by atoms with E-state index in [0.717, 1.165) is 36.9 Å². The largest absolute Gasteiger partial charge is 0.378 e. The Morgan fingerprint density at radius 3 is 2.23 bits per heavy atom. The van der Waals surface area contributed by atoms with Crippen LogP contribution in [0.5, 0.6) is 0 Å². The zero-order valence-electron chi connectivity index (χ0n) is 16.5. The van der Waals surface area contributed by atoms with Gasteiger partial charge in [-0.15, -0.1) is 0 Å². The van der Waals surface area contributed by atoms with Gasteiger partial charge in [0.15, 0.2) is 0 Å². The fraction of sp³-hybridized carbons (Fsp3) is 0.619. The molecule has 1 fully saturated rings. The topological polar surface area (TPSA) is 61.4 Å². The maximum Gasteiger partial charge on any atom is 0.243 e. The van der Waals surface area contributed by atoms with Gasteiger partial charge in [0, 0.05) is 32.2 Å². The molecule has 26 heavy (non-hydrogen) atoms. The lowest BCUT2D eigenvalue weighted by Crippen LogP contribution is -2.51. The van der Waals surface area contributed by atoms with E-state index >= 15 is 0 Å². The Labute approximate surface area is 157 Å². The highest BCUT2D eigenvalue weighted by Crippen LogP contribution is 2.24. The summed E-state index contributed by atoms with van der Waals surface area (Å²) >= 11 is 0. The molecule has 0 saturated heterocycles. The summed E-state index contributed by atoms with van der Waals surface area (Å²) in [7, 11) is 4.00. The first-order valence-electron chi connectivity index (χ1n) is 9.73. The number of rotatable bonds is 7. The van der Waals surface area contributed by atoms with Crippen LogP contribution in [0.3, 0.4) is 0 Å². The zero-order chi connectivity index (χ0) is 19.1. The highest BCUT2D eigenvalue weighted by molar-refractivity contribution is 5.88. The molecule has 0 radical (unpaired) electrons. The summed E-state index contributed by atoms with van der Waals surface area (Å²) in [5.74, 6) is 0.0461. The van der Waals surface area contributed by atoms with Crippen LogP contribution in [0.15, 0.2) is 24.3 Å². The summed E-state index contributed by atoms with van der Waals surface area (Å²) in [6.07, 6.45) is 5.32. The van der Waals surface area contributed by atoms with E-state index < -0.39 is 6.04 Å². The zero-order valence-corrected chi connectivity index (χ0v) is 16.5. The van der Waals surface area contributed by atoms with Crippen LogP contribution in [0.2, 0.25) is 0 Å². The second kappa shape index (κ2) is 9.60. The minimum Gasteiger partial charge on any atom is -0.378 e. The van der Waals surface area contributed by atoms with Gasteiger partial charge >= 0.3 is 0 Å². The second-order valence-corrected chi connectivity index (χ2v) is 7.84. The number of benzene rings is 1. The van der Waals surface area contributed by atoms with Crippen LogP contribution < -0.4 is 15.5 Å². The Morgan fingerprint density at radius 2 is 1.69 bits per heavy atom. The second-order valence-electron chi connectivity index (χ2n) is 7.84. The highest BCUT2D eigenvalue weighted by Gasteiger charge is 2.28. The molecule has 0 heterocycles. The first kappa shape index (κ1) is 20.3. The van der Waals surface area contributed by atoms with Crippen LogP contribution in [0.25, 0.3) is 0 Å². The van der Waals surface area contributed by atoms with Crippen LogP contribution in [0.4, 0.5) is 5.69 Å². The molecule has 0 aromatic heterocycles. The first-order chi connectivity index (χ1) is 12.4. The summed E-state index contributed by atoms with van der Waals surface area (Å²) in [5.41, 5.74) is 2.17. The molecule has 5 heteroatoms. The molecule has 1 aromatic rings. The van der Waals surface area contributed by atoms with Crippen LogP contribution in [-0.2, 0) is 16.1 Å². The molecule has 1 aliphatic carbocycles. The maximum atomic E-state index is 12.6. The summed E-state index contributed by atoms with van der Waals surface area (Å²) in [5, 5.41) is 5.96. The molecular weight excluding hydrogens is 326 g/mol. The summed E-state index contributed by atoms with van der Waals surface area (Å²) in [6, 6.07) is 7.62. The van der Waals surface area contributed by atoms with E-state index in [2.05, 4.69) is 10.6 Å². The number of hydrogen-bond donors (Lipinski definition) is 2. The van der Waals surface area contributed by atoms with Crippen molar-refractivity contribution in [2.24, 2.45) is 11.8 Å². The normalized spacial score (nSPS) is 16.2. The number of amides is 2. The quantitative estimate of drug-likeness (QED) is 0.786. The van der Waals surface area contributed by atoms with E-state index in [1.807, 2.05) is 57.1 Å². The predicted octanol–water partition coefficient (Wildman–Crippen LogP) is 3.09. The third kappa shape index (κ3) is 5.75. The Hall–Kier alpha value is -2.04. The molecule has 0 spiro atoms. The van der Waals surface area contributed by atoms with Gasteiger partial charge in [-0.05, 0) is 36.5 Å². The van der Waals surface area contributed by atoms with E-state index in [1.165, 1.54) is 6.42 Å². The van der Waals surface area contributed by atoms with Crippen molar-refractivity contribution < 1.29 is 9.59 Å². The molecule has 1 atom stereocenters. The molecule has 2 rings (SSSR count). The van der Waals surface area contributed by atoms with Crippen molar-refractivity contribution in [2.75, 3.05) is 19.0 Å². The standard InChI is InChI=1S/C21H33N3O2/c1-15(2)19(23-20(25)17-8-6-5-7-9-17)21(26)22-14-16-10-12-18(13-11-16)24(3)4/h10-13,15,17,19H,5-9,14H2,1-4H3,(H,22,26)(H,23,25)/t19-/m0/s1. The SMILES string of the molecule is CC(C)[C@H](NC(=O)C1CCCCC1)C(=O)NCc1ccc(N(C)C)cc1. The van der Waals surface area contributed by atoms with Gasteiger partial charge < -0.3 is 15.5 Å². The highest BCUT2D eigenvalue weighted by atomic mass is 16.2. The van der Waals surface area contributed by atoms with E-state index in [0.29, 0.717) is 6.54 Å². The van der Waals surface area contributed by atoms with Crippen molar-refractivity contribution in [1.29, 1.82) is 0 Å². The molecule has 1 aliphatic rings. The molecule has 0 aliphatic heterocycles. The molecular formula is C21H33N3O2. The molecule has 1 aromatic carbocycles. The number of anilines is 1. The Bertz CT molecular complexity index is 590. The monoisotopic (exact) mass is 359 g/mol. The van der Waals surface area contributed by atoms with Gasteiger partial charge in [-0.25, -0.2) is 0 Å². The van der Waals surface area contributed by atoms with Crippen LogP contribution in [-0.4, -0.2) is 32.0 Å². The fourth-order valence-corrected chi connectivity index (χ4v) is 3.38.